The third-order valence-corrected chi connectivity index (χ3v) is 4.96. The summed E-state index contributed by atoms with van der Waals surface area (Å²) in [5.41, 5.74) is 16.3. The molecule has 0 aromatic rings. The molecule has 0 heterocycles. The van der Waals surface area contributed by atoms with E-state index in [2.05, 4.69) is 15.6 Å². The summed E-state index contributed by atoms with van der Waals surface area (Å²) >= 11 is 0. The van der Waals surface area contributed by atoms with Gasteiger partial charge in [0.15, 0.2) is 5.96 Å². The number of guanidine groups is 1. The molecule has 0 saturated heterocycles. The van der Waals surface area contributed by atoms with Gasteiger partial charge in [-0.25, -0.2) is 4.79 Å². The van der Waals surface area contributed by atoms with Crippen LogP contribution in [0.3, 0.4) is 0 Å². The summed E-state index contributed by atoms with van der Waals surface area (Å²) in [4.78, 5) is 52.6. The molecule has 6 atom stereocenters. The van der Waals surface area contributed by atoms with Crippen molar-refractivity contribution < 1.29 is 34.5 Å². The third kappa shape index (κ3) is 10.9. The van der Waals surface area contributed by atoms with Crippen LogP contribution in [0.1, 0.15) is 40.0 Å². The molecule has 0 radical (unpaired) electrons. The van der Waals surface area contributed by atoms with E-state index in [1.165, 1.54) is 6.92 Å². The molecule has 0 saturated carbocycles. The molecule has 0 spiro atoms. The Morgan fingerprint density at radius 1 is 0.970 bits per heavy atom. The van der Waals surface area contributed by atoms with Gasteiger partial charge >= 0.3 is 5.97 Å². The molecule has 0 fully saturated rings. The molecule has 14 heteroatoms. The standard InChI is InChI=1S/C19H37N7O7/c1-4-9(2)13(25-15(29)11(20)6-5-7-23-19(21)22)16(30)26-14(10(3)28)17(31)24-12(8-27)18(32)33/h9-14,27-28H,4-8,20H2,1-3H3,(H,24,31)(H,25,29)(H,26,30)(H,32,33)(H4,21,22,23). The quantitative estimate of drug-likeness (QED) is 0.0636. The number of hydrogen-bond donors (Lipinski definition) is 9. The van der Waals surface area contributed by atoms with Crippen LogP contribution in [0.4, 0.5) is 0 Å². The predicted octanol–water partition coefficient (Wildman–Crippen LogP) is -3.67. The lowest BCUT2D eigenvalue weighted by molar-refractivity contribution is -0.144. The molecule has 6 unspecified atom stereocenters. The van der Waals surface area contributed by atoms with Gasteiger partial charge in [0.1, 0.15) is 18.1 Å². The number of carboxylic acid groups (broad SMARTS) is 1. The highest BCUT2D eigenvalue weighted by Gasteiger charge is 2.34. The number of nitrogens with one attached hydrogen (secondary N) is 3. The summed E-state index contributed by atoms with van der Waals surface area (Å²) in [6, 6.07) is -5.15. The summed E-state index contributed by atoms with van der Waals surface area (Å²) in [6.45, 7) is 4.13. The lowest BCUT2D eigenvalue weighted by atomic mass is 9.97. The van der Waals surface area contributed by atoms with E-state index in [4.69, 9.17) is 27.4 Å². The van der Waals surface area contributed by atoms with Crippen molar-refractivity contribution in [2.45, 2.75) is 70.3 Å². The van der Waals surface area contributed by atoms with Gasteiger partial charge in [0, 0.05) is 6.54 Å². The van der Waals surface area contributed by atoms with E-state index in [1.807, 2.05) is 5.32 Å². The number of nitrogens with zero attached hydrogens (tertiary/aromatic N) is 1. The molecule has 0 aromatic carbocycles. The molecule has 0 aliphatic heterocycles. The lowest BCUT2D eigenvalue weighted by Gasteiger charge is -2.28. The van der Waals surface area contributed by atoms with Crippen molar-refractivity contribution in [3.8, 4) is 0 Å². The first-order valence-electron chi connectivity index (χ1n) is 10.6. The Balaban J connectivity index is 5.28. The first-order chi connectivity index (χ1) is 15.3. The van der Waals surface area contributed by atoms with Crippen molar-refractivity contribution in [1.29, 1.82) is 0 Å². The molecule has 0 aliphatic carbocycles. The molecule has 0 bridgehead atoms. The minimum atomic E-state index is -1.61. The maximum absolute atomic E-state index is 12.9. The summed E-state index contributed by atoms with van der Waals surface area (Å²) < 4.78 is 0. The predicted molar refractivity (Wildman–Crippen MR) is 120 cm³/mol. The molecule has 14 nitrogen and oxygen atoms in total. The Morgan fingerprint density at radius 2 is 1.52 bits per heavy atom. The number of hydrogen-bond acceptors (Lipinski definition) is 8. The van der Waals surface area contributed by atoms with Crippen molar-refractivity contribution in [1.82, 2.24) is 16.0 Å². The number of aliphatic carboxylic acids is 1. The summed E-state index contributed by atoms with van der Waals surface area (Å²) in [7, 11) is 0. The smallest absolute Gasteiger partial charge is 0.328 e. The van der Waals surface area contributed by atoms with E-state index in [0.717, 1.165) is 0 Å². The Hall–Kier alpha value is -2.97. The summed E-state index contributed by atoms with van der Waals surface area (Å²) in [5.74, 6) is -4.28. The first kappa shape index (κ1) is 30.0. The topological polar surface area (TPSA) is 255 Å². The fraction of sp³-hybridized carbons (Fsp3) is 0.737. The van der Waals surface area contributed by atoms with Crippen LogP contribution in [0.2, 0.25) is 0 Å². The Kier molecular flexibility index (Phi) is 13.6. The van der Waals surface area contributed by atoms with Crippen LogP contribution in [-0.2, 0) is 19.2 Å². The minimum absolute atomic E-state index is 0.0769. The van der Waals surface area contributed by atoms with Crippen LogP contribution in [0.15, 0.2) is 4.99 Å². The van der Waals surface area contributed by atoms with E-state index in [0.29, 0.717) is 12.8 Å². The number of aliphatic hydroxyl groups excluding tert-OH is 2. The van der Waals surface area contributed by atoms with E-state index < -0.39 is 60.6 Å². The number of nitrogens with two attached hydrogens (primary N) is 3. The summed E-state index contributed by atoms with van der Waals surface area (Å²) in [6.07, 6.45) is -0.205. The largest absolute Gasteiger partial charge is 0.480 e. The van der Waals surface area contributed by atoms with Gasteiger partial charge in [0.2, 0.25) is 17.7 Å². The van der Waals surface area contributed by atoms with Crippen molar-refractivity contribution in [3.05, 3.63) is 0 Å². The number of rotatable bonds is 15. The zero-order valence-electron chi connectivity index (χ0n) is 19.2. The van der Waals surface area contributed by atoms with Gasteiger partial charge in [-0.2, -0.15) is 0 Å². The Morgan fingerprint density at radius 3 is 1.97 bits per heavy atom. The van der Waals surface area contributed by atoms with Crippen molar-refractivity contribution >= 4 is 29.7 Å². The normalized spacial score (nSPS) is 16.3. The number of carbonyl (C=O) groups excluding carboxylic acids is 3. The second kappa shape index (κ2) is 15.0. The van der Waals surface area contributed by atoms with Crippen LogP contribution in [0, 0.1) is 5.92 Å². The maximum Gasteiger partial charge on any atom is 0.328 e. The van der Waals surface area contributed by atoms with Crippen molar-refractivity contribution in [2.24, 2.45) is 28.1 Å². The van der Waals surface area contributed by atoms with Gasteiger partial charge in [-0.1, -0.05) is 20.3 Å². The van der Waals surface area contributed by atoms with E-state index in [1.54, 1.807) is 13.8 Å². The van der Waals surface area contributed by atoms with Crippen LogP contribution < -0.4 is 33.2 Å². The third-order valence-electron chi connectivity index (χ3n) is 4.96. The van der Waals surface area contributed by atoms with Crippen LogP contribution in [0.25, 0.3) is 0 Å². The molecule has 0 aromatic heterocycles. The highest BCUT2D eigenvalue weighted by molar-refractivity contribution is 5.94. The molecule has 190 valence electrons. The fourth-order valence-corrected chi connectivity index (χ4v) is 2.71. The molecule has 3 amide bonds. The number of carbonyl (C=O) groups is 4. The summed E-state index contributed by atoms with van der Waals surface area (Å²) in [5, 5.41) is 34.9. The zero-order valence-corrected chi connectivity index (χ0v) is 19.2. The van der Waals surface area contributed by atoms with Crippen LogP contribution in [-0.4, -0.2) is 88.4 Å². The van der Waals surface area contributed by atoms with Gasteiger partial charge in [-0.05, 0) is 25.7 Å². The van der Waals surface area contributed by atoms with E-state index >= 15 is 0 Å². The van der Waals surface area contributed by atoms with Gasteiger partial charge < -0.3 is 48.5 Å². The fourth-order valence-electron chi connectivity index (χ4n) is 2.71. The van der Waals surface area contributed by atoms with Crippen molar-refractivity contribution in [3.63, 3.8) is 0 Å². The monoisotopic (exact) mass is 475 g/mol. The molecule has 0 rings (SSSR count). The molecular weight excluding hydrogens is 438 g/mol. The van der Waals surface area contributed by atoms with Crippen LogP contribution in [0.5, 0.6) is 0 Å². The van der Waals surface area contributed by atoms with Gasteiger partial charge in [0.25, 0.3) is 0 Å². The van der Waals surface area contributed by atoms with Crippen molar-refractivity contribution in [2.75, 3.05) is 13.2 Å². The first-order valence-corrected chi connectivity index (χ1v) is 10.6. The van der Waals surface area contributed by atoms with Gasteiger partial charge in [0.05, 0.1) is 18.8 Å². The number of aliphatic imine (C=N–C) groups is 1. The molecule has 12 N–H and O–H groups in total. The second-order valence-electron chi connectivity index (χ2n) is 7.74. The van der Waals surface area contributed by atoms with E-state index in [-0.39, 0.29) is 24.8 Å². The maximum atomic E-state index is 12.9. The Labute approximate surface area is 192 Å². The SMILES string of the molecule is CCC(C)C(NC(=O)C(N)CCCN=C(N)N)C(=O)NC(C(=O)NC(CO)C(=O)O)C(C)O. The number of carboxylic acids is 1. The van der Waals surface area contributed by atoms with Gasteiger partial charge in [-0.15, -0.1) is 0 Å². The average molecular weight is 476 g/mol. The second-order valence-corrected chi connectivity index (χ2v) is 7.74. The minimum Gasteiger partial charge on any atom is -0.480 e. The highest BCUT2D eigenvalue weighted by Crippen LogP contribution is 2.10. The molecule has 33 heavy (non-hydrogen) atoms. The number of aliphatic hydroxyl groups is 2. The average Bonchev–Trinajstić information content (AvgIpc) is 2.74. The molecule has 0 aliphatic rings. The highest BCUT2D eigenvalue weighted by atomic mass is 16.4. The zero-order chi connectivity index (χ0) is 25.7. The lowest BCUT2D eigenvalue weighted by Crippen LogP contribution is -2.61. The number of amides is 3. The molecular formula is C19H37N7O7. The Bertz CT molecular complexity index is 698. The van der Waals surface area contributed by atoms with E-state index in [9.17, 15) is 24.3 Å². The van der Waals surface area contributed by atoms with Crippen LogP contribution >= 0.6 is 0 Å². The van der Waals surface area contributed by atoms with Gasteiger partial charge in [-0.3, -0.25) is 19.4 Å².